The molecule has 9 heavy (non-hydrogen) atoms. The number of hydrogen-bond donors (Lipinski definition) is 0. The molecule has 0 saturated carbocycles. The van der Waals surface area contributed by atoms with E-state index in [9.17, 15) is 4.79 Å². The molecule has 0 bridgehead atoms. The predicted molar refractivity (Wildman–Crippen MR) is 40.0 cm³/mol. The fourth-order valence-corrected chi connectivity index (χ4v) is 1.66. The van der Waals surface area contributed by atoms with Crippen molar-refractivity contribution in [2.24, 2.45) is 5.92 Å². The number of rotatable bonds is 1. The predicted octanol–water partition coefficient (Wildman–Crippen LogP) is -0.699. The molecule has 2 nitrogen and oxygen atoms in total. The van der Waals surface area contributed by atoms with Gasteiger partial charge in [-0.15, -0.1) is 6.58 Å². The van der Waals surface area contributed by atoms with Crippen molar-refractivity contribution in [2.75, 3.05) is 6.54 Å². The zero-order chi connectivity index (χ0) is 6.85. The molecule has 0 aromatic heterocycles. The molecule has 1 unspecified atom stereocenters. The number of carbonyl (C=O) groups excluding carboxylic acids is 1. The van der Waals surface area contributed by atoms with Gasteiger partial charge < -0.3 is 4.57 Å². The second-order valence-corrected chi connectivity index (χ2v) is 3.47. The number of carbonyl (C=O) groups is 1. The summed E-state index contributed by atoms with van der Waals surface area (Å²) in [5, 5.41) is 0. The monoisotopic (exact) mass is 141 g/mol. The minimum Gasteiger partial charge on any atom is -0.378 e. The molecule has 1 rings (SSSR count). The highest BCUT2D eigenvalue weighted by Crippen LogP contribution is 2.15. The van der Waals surface area contributed by atoms with E-state index in [1.165, 1.54) is 0 Å². The van der Waals surface area contributed by atoms with Crippen LogP contribution in [0.1, 0.15) is 6.42 Å². The summed E-state index contributed by atoms with van der Waals surface area (Å²) in [6.45, 7) is 4.54. The molecule has 50 valence electrons. The standard InChI is InChI=1S/C6H11NOSi/c1-2-5-3-4-7(9)6(5)8/h2,5H,1,3-4H2,9H3. The molecule has 1 amide bonds. The fraction of sp³-hybridized carbons (Fsp3) is 0.500. The molecular formula is C6H11NOSi. The van der Waals surface area contributed by atoms with Gasteiger partial charge in [0.05, 0.1) is 5.92 Å². The van der Waals surface area contributed by atoms with Crippen LogP contribution in [-0.2, 0) is 4.79 Å². The largest absolute Gasteiger partial charge is 0.378 e. The zero-order valence-corrected chi connectivity index (χ0v) is 7.63. The van der Waals surface area contributed by atoms with E-state index < -0.39 is 0 Å². The van der Waals surface area contributed by atoms with Gasteiger partial charge in [0.15, 0.2) is 0 Å². The van der Waals surface area contributed by atoms with E-state index >= 15 is 0 Å². The van der Waals surface area contributed by atoms with Crippen molar-refractivity contribution in [3.8, 4) is 0 Å². The van der Waals surface area contributed by atoms with Crippen LogP contribution in [0.2, 0.25) is 0 Å². The summed E-state index contributed by atoms with van der Waals surface area (Å²) < 4.78 is 1.88. The smallest absolute Gasteiger partial charge is 0.221 e. The van der Waals surface area contributed by atoms with Gasteiger partial charge in [0, 0.05) is 6.54 Å². The second kappa shape index (κ2) is 2.35. The lowest BCUT2D eigenvalue weighted by Crippen LogP contribution is -2.23. The maximum Gasteiger partial charge on any atom is 0.221 e. The topological polar surface area (TPSA) is 20.3 Å². The first-order valence-electron chi connectivity index (χ1n) is 3.13. The Morgan fingerprint density at radius 1 is 1.89 bits per heavy atom. The van der Waals surface area contributed by atoms with E-state index in [2.05, 4.69) is 6.58 Å². The third-order valence-corrected chi connectivity index (χ3v) is 2.64. The summed E-state index contributed by atoms with van der Waals surface area (Å²) >= 11 is 0. The van der Waals surface area contributed by atoms with E-state index in [0.717, 1.165) is 23.4 Å². The Morgan fingerprint density at radius 3 is 2.78 bits per heavy atom. The third kappa shape index (κ3) is 1.05. The first-order chi connectivity index (χ1) is 4.25. The number of nitrogens with zero attached hydrogens (tertiary/aromatic N) is 1. The molecule has 0 spiro atoms. The molecule has 0 aliphatic carbocycles. The Morgan fingerprint density at radius 2 is 2.56 bits per heavy atom. The number of amides is 1. The van der Waals surface area contributed by atoms with Crippen molar-refractivity contribution in [2.45, 2.75) is 6.42 Å². The summed E-state index contributed by atoms with van der Waals surface area (Å²) in [4.78, 5) is 11.0. The summed E-state index contributed by atoms with van der Waals surface area (Å²) in [6.07, 6.45) is 2.73. The minimum absolute atomic E-state index is 0.127. The van der Waals surface area contributed by atoms with Crippen LogP contribution in [0, 0.1) is 5.92 Å². The molecule has 1 saturated heterocycles. The Kier molecular flexibility index (Phi) is 1.71. The van der Waals surface area contributed by atoms with Crippen LogP contribution in [-0.4, -0.2) is 27.4 Å². The van der Waals surface area contributed by atoms with Gasteiger partial charge in [0.25, 0.3) is 0 Å². The van der Waals surface area contributed by atoms with Crippen LogP contribution in [0.4, 0.5) is 0 Å². The van der Waals surface area contributed by atoms with Crippen LogP contribution in [0.25, 0.3) is 0 Å². The van der Waals surface area contributed by atoms with Gasteiger partial charge in [0.2, 0.25) is 5.91 Å². The molecule has 1 atom stereocenters. The van der Waals surface area contributed by atoms with E-state index in [-0.39, 0.29) is 11.8 Å². The van der Waals surface area contributed by atoms with Crippen molar-refractivity contribution >= 4 is 16.3 Å². The molecule has 0 N–H and O–H groups in total. The van der Waals surface area contributed by atoms with Crippen LogP contribution in [0.5, 0.6) is 0 Å². The second-order valence-electron chi connectivity index (χ2n) is 2.39. The first kappa shape index (κ1) is 6.55. The summed E-state index contributed by atoms with van der Waals surface area (Å²) in [7, 11) is 0.866. The minimum atomic E-state index is 0.127. The lowest BCUT2D eigenvalue weighted by atomic mass is 10.1. The molecule has 0 aromatic rings. The van der Waals surface area contributed by atoms with Crippen molar-refractivity contribution in [3.05, 3.63) is 12.7 Å². The van der Waals surface area contributed by atoms with Crippen LogP contribution in [0.3, 0.4) is 0 Å². The van der Waals surface area contributed by atoms with E-state index in [0.29, 0.717) is 0 Å². The zero-order valence-electron chi connectivity index (χ0n) is 5.63. The van der Waals surface area contributed by atoms with Crippen LogP contribution >= 0.6 is 0 Å². The normalized spacial score (nSPS) is 27.3. The van der Waals surface area contributed by atoms with Gasteiger partial charge in [-0.1, -0.05) is 6.08 Å². The highest BCUT2D eigenvalue weighted by molar-refractivity contribution is 6.15. The highest BCUT2D eigenvalue weighted by Gasteiger charge is 2.25. The van der Waals surface area contributed by atoms with Gasteiger partial charge in [0.1, 0.15) is 10.4 Å². The molecule has 1 heterocycles. The Balaban J connectivity index is 2.61. The maximum absolute atomic E-state index is 11.0. The van der Waals surface area contributed by atoms with Gasteiger partial charge in [-0.25, -0.2) is 0 Å². The fourth-order valence-electron chi connectivity index (χ4n) is 1.07. The molecule has 3 heteroatoms. The molecule has 1 aliphatic heterocycles. The van der Waals surface area contributed by atoms with Gasteiger partial charge >= 0.3 is 0 Å². The first-order valence-corrected chi connectivity index (χ1v) is 4.02. The molecule has 1 aliphatic rings. The van der Waals surface area contributed by atoms with Crippen molar-refractivity contribution in [1.82, 2.24) is 4.57 Å². The van der Waals surface area contributed by atoms with Crippen molar-refractivity contribution < 1.29 is 4.79 Å². The van der Waals surface area contributed by atoms with Crippen molar-refractivity contribution in [1.29, 1.82) is 0 Å². The van der Waals surface area contributed by atoms with Crippen molar-refractivity contribution in [3.63, 3.8) is 0 Å². The lowest BCUT2D eigenvalue weighted by Gasteiger charge is -2.06. The maximum atomic E-state index is 11.0. The van der Waals surface area contributed by atoms with E-state index in [1.54, 1.807) is 6.08 Å². The summed E-state index contributed by atoms with van der Waals surface area (Å²) in [5.74, 6) is 0.402. The molecule has 1 fully saturated rings. The van der Waals surface area contributed by atoms with Crippen LogP contribution < -0.4 is 0 Å². The number of hydrogen-bond acceptors (Lipinski definition) is 1. The Labute approximate surface area is 58.0 Å². The SMILES string of the molecule is C=CC1CCN([SiH3])C1=O. The summed E-state index contributed by atoms with van der Waals surface area (Å²) in [6, 6.07) is 0. The average molecular weight is 141 g/mol. The van der Waals surface area contributed by atoms with E-state index in [4.69, 9.17) is 0 Å². The average Bonchev–Trinajstić information content (AvgIpc) is 2.15. The van der Waals surface area contributed by atoms with Crippen LogP contribution in [0.15, 0.2) is 12.7 Å². The molecule has 0 radical (unpaired) electrons. The molecule has 0 aromatic carbocycles. The van der Waals surface area contributed by atoms with E-state index in [1.807, 2.05) is 4.57 Å². The van der Waals surface area contributed by atoms with Gasteiger partial charge in [-0.3, -0.25) is 4.79 Å². The molecular weight excluding hydrogens is 130 g/mol. The quantitative estimate of drug-likeness (QED) is 0.349. The Bertz CT molecular complexity index is 146. The summed E-state index contributed by atoms with van der Waals surface area (Å²) in [5.41, 5.74) is 0. The lowest BCUT2D eigenvalue weighted by molar-refractivity contribution is -0.125. The van der Waals surface area contributed by atoms with Gasteiger partial charge in [-0.2, -0.15) is 0 Å². The van der Waals surface area contributed by atoms with Gasteiger partial charge in [-0.05, 0) is 6.42 Å². The Hall–Kier alpha value is -0.573. The third-order valence-electron chi connectivity index (χ3n) is 1.75. The highest BCUT2D eigenvalue weighted by atomic mass is 28.2.